The van der Waals surface area contributed by atoms with Gasteiger partial charge < -0.3 is 39.8 Å². The van der Waals surface area contributed by atoms with Crippen molar-refractivity contribution in [2.45, 2.75) is 159 Å². The first-order chi connectivity index (χ1) is 28.0. The van der Waals surface area contributed by atoms with E-state index in [4.69, 9.17) is 33.7 Å². The molecule has 1 aliphatic carbocycles. The SMILES string of the molecule is CCCCCCCCCCCCCCCCCCOC[C@@H](COP(=O)(O)OC1[C@@]2(C)O[C@@H](c3ccc4c(N)ncnn34)[C@H](O)[C@@]12O)OCc1ccc(C#N)cc1OC. The first kappa shape index (κ1) is 45.9. The Bertz CT molecular complexity index is 1820. The van der Waals surface area contributed by atoms with Crippen LogP contribution in [0.2, 0.25) is 0 Å². The van der Waals surface area contributed by atoms with Crippen molar-refractivity contribution in [2.75, 3.05) is 32.7 Å². The molecule has 3 aromatic rings. The highest BCUT2D eigenvalue weighted by molar-refractivity contribution is 7.47. The quantitative estimate of drug-likeness (QED) is 0.0394. The van der Waals surface area contributed by atoms with E-state index in [-0.39, 0.29) is 25.6 Å². The van der Waals surface area contributed by atoms with E-state index in [0.29, 0.717) is 34.7 Å². The van der Waals surface area contributed by atoms with Crippen LogP contribution in [0.1, 0.15) is 140 Å². The molecule has 7 atom stereocenters. The highest BCUT2D eigenvalue weighted by Crippen LogP contribution is 2.68. The van der Waals surface area contributed by atoms with Gasteiger partial charge in [-0.25, -0.2) is 14.1 Å². The third-order valence-corrected chi connectivity index (χ3v) is 12.5. The number of phosphoric acid groups is 1. The van der Waals surface area contributed by atoms with E-state index in [1.165, 1.54) is 108 Å². The summed E-state index contributed by atoms with van der Waals surface area (Å²) in [6, 6.07) is 10.4. The fourth-order valence-corrected chi connectivity index (χ4v) is 8.95. The molecule has 0 radical (unpaired) electrons. The average molecular weight is 830 g/mol. The lowest BCUT2D eigenvalue weighted by Crippen LogP contribution is -2.35. The van der Waals surface area contributed by atoms with Crippen molar-refractivity contribution in [1.82, 2.24) is 14.6 Å². The number of fused-ring (bicyclic) bond motifs is 2. The van der Waals surface area contributed by atoms with Gasteiger partial charge in [0, 0.05) is 12.2 Å². The summed E-state index contributed by atoms with van der Waals surface area (Å²) in [5.74, 6) is 0.694. The van der Waals surface area contributed by atoms with Crippen LogP contribution in [-0.4, -0.2) is 86.1 Å². The zero-order valence-electron chi connectivity index (χ0n) is 34.4. The van der Waals surface area contributed by atoms with Gasteiger partial charge in [-0.05, 0) is 37.6 Å². The summed E-state index contributed by atoms with van der Waals surface area (Å²) in [7, 11) is -3.32. The normalized spacial score (nSPS) is 24.1. The summed E-state index contributed by atoms with van der Waals surface area (Å²) in [6.45, 7) is 3.99. The van der Waals surface area contributed by atoms with Crippen LogP contribution in [0.5, 0.6) is 5.75 Å². The summed E-state index contributed by atoms with van der Waals surface area (Å²) >= 11 is 0. The third-order valence-electron chi connectivity index (χ3n) is 11.5. The molecule has 2 aromatic heterocycles. The number of nitrogen functional groups attached to an aromatic ring is 1. The van der Waals surface area contributed by atoms with Crippen molar-refractivity contribution in [3.63, 3.8) is 0 Å². The number of unbranched alkanes of at least 4 members (excludes halogenated alkanes) is 15. The Labute approximate surface area is 342 Å². The highest BCUT2D eigenvalue weighted by Gasteiger charge is 2.87. The zero-order chi connectivity index (χ0) is 41.6. The second kappa shape index (κ2) is 21.9. The minimum atomic E-state index is -4.82. The predicted molar refractivity (Wildman–Crippen MR) is 218 cm³/mol. The van der Waals surface area contributed by atoms with Gasteiger partial charge in [0.1, 0.15) is 47.6 Å². The number of benzene rings is 1. The summed E-state index contributed by atoms with van der Waals surface area (Å²) in [5, 5.41) is 36.2. The van der Waals surface area contributed by atoms with Gasteiger partial charge >= 0.3 is 7.82 Å². The topological polar surface area (TPSA) is 213 Å². The van der Waals surface area contributed by atoms with Gasteiger partial charge in [-0.1, -0.05) is 109 Å². The lowest BCUT2D eigenvalue weighted by Gasteiger charge is -2.24. The van der Waals surface area contributed by atoms with E-state index in [0.717, 1.165) is 19.3 Å². The number of ether oxygens (including phenoxy) is 4. The molecule has 16 heteroatoms. The fraction of sp³-hybridized carbons (Fsp3) is 0.690. The maximum Gasteiger partial charge on any atom is 0.472 e. The van der Waals surface area contributed by atoms with Crippen LogP contribution in [0, 0.1) is 11.3 Å². The van der Waals surface area contributed by atoms with Crippen LogP contribution >= 0.6 is 7.82 Å². The summed E-state index contributed by atoms with van der Waals surface area (Å²) in [4.78, 5) is 14.8. The van der Waals surface area contributed by atoms with Gasteiger partial charge in [0.25, 0.3) is 0 Å². The maximum atomic E-state index is 13.3. The van der Waals surface area contributed by atoms with E-state index < -0.39 is 43.4 Å². The molecule has 0 amide bonds. The summed E-state index contributed by atoms with van der Waals surface area (Å²) in [5.41, 5.74) is 4.41. The Morgan fingerprint density at radius 2 is 1.62 bits per heavy atom. The highest BCUT2D eigenvalue weighted by atomic mass is 31.2. The lowest BCUT2D eigenvalue weighted by atomic mass is 10.0. The number of methoxy groups -OCH3 is 1. The minimum absolute atomic E-state index is 0.0504. The molecule has 5 rings (SSSR count). The van der Waals surface area contributed by atoms with Gasteiger partial charge in [-0.2, -0.15) is 10.4 Å². The second-order valence-corrected chi connectivity index (χ2v) is 17.2. The Morgan fingerprint density at radius 3 is 2.21 bits per heavy atom. The van der Waals surface area contributed by atoms with Crippen LogP contribution in [0.25, 0.3) is 5.52 Å². The van der Waals surface area contributed by atoms with Crippen LogP contribution in [0.4, 0.5) is 5.82 Å². The molecular formula is C42H64N5O10P. The molecule has 2 aliphatic rings. The van der Waals surface area contributed by atoms with E-state index in [1.807, 2.05) is 0 Å². The number of nitriles is 1. The van der Waals surface area contributed by atoms with E-state index in [9.17, 15) is 24.9 Å². The molecule has 1 saturated heterocycles. The molecule has 5 N–H and O–H groups in total. The standard InChI is InChI=1S/C42H64N5O10P/c1-4-5-6-7-8-9-10-11-12-13-14-15-16-17-18-19-24-53-28-33(54-27-32-21-20-31(26-43)25-36(32)52-3)29-55-58(50,51)57-40-41(2)42(40,49)38(48)37(56-41)34-22-23-35-39(44)45-30-46-47(34)35/h20-23,25,30,33,37-38,40,48-49H,4-19,24,27-29H2,1-3H3,(H,50,51)(H2,44,45,46)/t33-,37-,38-,40?,41+,42+/m0/s1. The molecule has 3 heterocycles. The van der Waals surface area contributed by atoms with Crippen molar-refractivity contribution >= 4 is 19.2 Å². The number of nitrogens with two attached hydrogens (primary N) is 1. The van der Waals surface area contributed by atoms with Crippen LogP contribution in [-0.2, 0) is 34.4 Å². The number of phosphoric ester groups is 1. The van der Waals surface area contributed by atoms with Crippen molar-refractivity contribution < 1.29 is 47.7 Å². The van der Waals surface area contributed by atoms with E-state index in [1.54, 1.807) is 30.3 Å². The van der Waals surface area contributed by atoms with Crippen molar-refractivity contribution in [1.29, 1.82) is 5.26 Å². The minimum Gasteiger partial charge on any atom is -0.496 e. The van der Waals surface area contributed by atoms with E-state index in [2.05, 4.69) is 23.1 Å². The summed E-state index contributed by atoms with van der Waals surface area (Å²) in [6.07, 6.45) is 16.9. The van der Waals surface area contributed by atoms with Gasteiger partial charge in [-0.15, -0.1) is 0 Å². The Balaban J connectivity index is 1.05. The van der Waals surface area contributed by atoms with Gasteiger partial charge in [-0.3, -0.25) is 9.05 Å². The molecule has 58 heavy (non-hydrogen) atoms. The number of aliphatic hydroxyl groups excluding tert-OH is 1. The monoisotopic (exact) mass is 829 g/mol. The molecule has 2 unspecified atom stereocenters. The number of nitrogens with zero attached hydrogens (tertiary/aromatic N) is 4. The second-order valence-electron chi connectivity index (χ2n) is 15.8. The van der Waals surface area contributed by atoms with E-state index >= 15 is 0 Å². The third kappa shape index (κ3) is 11.6. The van der Waals surface area contributed by atoms with Crippen LogP contribution < -0.4 is 10.5 Å². The molecule has 15 nitrogen and oxygen atoms in total. The number of rotatable bonds is 29. The first-order valence-electron chi connectivity index (χ1n) is 21.1. The van der Waals surface area contributed by atoms with Gasteiger partial charge in [0.05, 0.1) is 44.3 Å². The number of aromatic nitrogens is 3. The molecule has 0 spiro atoms. The lowest BCUT2D eigenvalue weighted by molar-refractivity contribution is -0.0837. The maximum absolute atomic E-state index is 13.3. The molecule has 1 aliphatic heterocycles. The number of hydrogen-bond donors (Lipinski definition) is 4. The van der Waals surface area contributed by atoms with Crippen LogP contribution in [0.15, 0.2) is 36.7 Å². The first-order valence-corrected chi connectivity index (χ1v) is 22.6. The molecular weight excluding hydrogens is 765 g/mol. The molecule has 322 valence electrons. The summed E-state index contributed by atoms with van der Waals surface area (Å²) < 4.78 is 49.1. The average Bonchev–Trinajstić information content (AvgIpc) is 3.47. The van der Waals surface area contributed by atoms with Gasteiger partial charge in [0.2, 0.25) is 0 Å². The predicted octanol–water partition coefficient (Wildman–Crippen LogP) is 7.49. The smallest absolute Gasteiger partial charge is 0.472 e. The largest absolute Gasteiger partial charge is 0.496 e. The number of aliphatic hydroxyl groups is 2. The number of hydrogen-bond acceptors (Lipinski definition) is 13. The van der Waals surface area contributed by atoms with Gasteiger partial charge in [0.15, 0.2) is 11.4 Å². The van der Waals surface area contributed by atoms with Crippen molar-refractivity contribution in [3.05, 3.63) is 53.5 Å². The fourth-order valence-electron chi connectivity index (χ4n) is 7.91. The van der Waals surface area contributed by atoms with Crippen LogP contribution in [0.3, 0.4) is 0 Å². The van der Waals surface area contributed by atoms with Crippen molar-refractivity contribution in [2.24, 2.45) is 0 Å². The Hall–Kier alpha value is -3.16. The van der Waals surface area contributed by atoms with Crippen molar-refractivity contribution in [3.8, 4) is 11.8 Å². The molecule has 1 aromatic carbocycles. The molecule has 1 saturated carbocycles. The zero-order valence-corrected chi connectivity index (χ0v) is 35.3. The molecule has 2 fully saturated rings. The Kier molecular flexibility index (Phi) is 17.3. The number of anilines is 1. The Morgan fingerprint density at radius 1 is 0.983 bits per heavy atom. The molecule has 0 bridgehead atoms.